The van der Waals surface area contributed by atoms with Gasteiger partial charge in [-0.05, 0) is 30.5 Å². The largest absolute Gasteiger partial charge is 0.497 e. The predicted octanol–water partition coefficient (Wildman–Crippen LogP) is 1.50. The average Bonchev–Trinajstić information content (AvgIpc) is 2.91. The van der Waals surface area contributed by atoms with Crippen LogP contribution >= 0.6 is 0 Å². The van der Waals surface area contributed by atoms with E-state index in [2.05, 4.69) is 11.2 Å². The average molecular weight is 343 g/mol. The maximum Gasteiger partial charge on any atom is 0.318 e. The van der Waals surface area contributed by atoms with Crippen LogP contribution in [-0.4, -0.2) is 61.6 Å². The Morgan fingerprint density at radius 3 is 2.52 bits per heavy atom. The Labute approximate surface area is 149 Å². The smallest absolute Gasteiger partial charge is 0.318 e. The molecule has 0 aromatic heterocycles. The van der Waals surface area contributed by atoms with Crippen LogP contribution in [0.1, 0.15) is 18.4 Å². The molecule has 0 spiro atoms. The summed E-state index contributed by atoms with van der Waals surface area (Å²) in [6.45, 7) is 2.63. The Hall–Kier alpha value is -2.68. The maximum absolute atomic E-state index is 12.5. The zero-order chi connectivity index (χ0) is 18.1. The number of carbonyl (C=O) groups is 2. The van der Waals surface area contributed by atoms with Gasteiger partial charge in [0.2, 0.25) is 5.91 Å². The molecule has 1 N–H and O–H groups in total. The van der Waals surface area contributed by atoms with E-state index >= 15 is 0 Å². The van der Waals surface area contributed by atoms with Gasteiger partial charge in [0.25, 0.3) is 0 Å². The van der Waals surface area contributed by atoms with Gasteiger partial charge in [0.1, 0.15) is 5.75 Å². The molecule has 2 rings (SSSR count). The molecule has 1 saturated heterocycles. The van der Waals surface area contributed by atoms with E-state index in [1.54, 1.807) is 12.0 Å². The van der Waals surface area contributed by atoms with Gasteiger partial charge in [-0.2, -0.15) is 0 Å². The lowest BCUT2D eigenvalue weighted by atomic mass is 10.1. The Balaban J connectivity index is 1.79. The quantitative estimate of drug-likeness (QED) is 0.825. The molecular formula is C19H25N3O3. The summed E-state index contributed by atoms with van der Waals surface area (Å²) in [7, 11) is 1.63. The Morgan fingerprint density at radius 1 is 1.16 bits per heavy atom. The molecular weight excluding hydrogens is 318 g/mol. The number of hydrogen-bond acceptors (Lipinski definition) is 3. The maximum atomic E-state index is 12.5. The van der Waals surface area contributed by atoms with Crippen molar-refractivity contribution >= 4 is 11.9 Å². The monoisotopic (exact) mass is 343 g/mol. The summed E-state index contributed by atoms with van der Waals surface area (Å²) >= 11 is 0. The molecule has 0 radical (unpaired) electrons. The van der Waals surface area contributed by atoms with E-state index in [0.717, 1.165) is 17.7 Å². The van der Waals surface area contributed by atoms with Crippen LogP contribution in [-0.2, 0) is 11.2 Å². The molecule has 1 heterocycles. The molecule has 1 aromatic carbocycles. The number of nitrogens with zero attached hydrogens (tertiary/aromatic N) is 2. The van der Waals surface area contributed by atoms with E-state index in [-0.39, 0.29) is 18.5 Å². The van der Waals surface area contributed by atoms with Gasteiger partial charge in [0.05, 0.1) is 13.7 Å². The normalized spacial score (nSPS) is 14.4. The number of rotatable bonds is 5. The summed E-state index contributed by atoms with van der Waals surface area (Å²) in [5.74, 6) is 3.33. The minimum atomic E-state index is -0.162. The number of methoxy groups -OCH3 is 1. The summed E-state index contributed by atoms with van der Waals surface area (Å²) in [5, 5.41) is 2.67. The van der Waals surface area contributed by atoms with Crippen LogP contribution in [0, 0.1) is 12.3 Å². The molecule has 1 aliphatic rings. The van der Waals surface area contributed by atoms with Gasteiger partial charge in [-0.15, -0.1) is 6.42 Å². The van der Waals surface area contributed by atoms with E-state index in [4.69, 9.17) is 11.2 Å². The van der Waals surface area contributed by atoms with Crippen molar-refractivity contribution in [3.8, 4) is 18.1 Å². The first-order valence-electron chi connectivity index (χ1n) is 8.51. The highest BCUT2D eigenvalue weighted by Gasteiger charge is 2.21. The molecule has 1 aromatic rings. The molecule has 0 aliphatic carbocycles. The van der Waals surface area contributed by atoms with Crippen molar-refractivity contribution in [2.24, 2.45) is 0 Å². The lowest BCUT2D eigenvalue weighted by molar-refractivity contribution is -0.131. The number of terminal acetylenes is 1. The van der Waals surface area contributed by atoms with E-state index in [1.807, 2.05) is 29.2 Å². The van der Waals surface area contributed by atoms with Crippen molar-refractivity contribution in [1.29, 1.82) is 0 Å². The van der Waals surface area contributed by atoms with Gasteiger partial charge in [-0.25, -0.2) is 4.79 Å². The van der Waals surface area contributed by atoms with Gasteiger partial charge in [0.15, 0.2) is 0 Å². The third kappa shape index (κ3) is 5.71. The summed E-state index contributed by atoms with van der Waals surface area (Å²) in [5.41, 5.74) is 1.11. The van der Waals surface area contributed by atoms with Crippen molar-refractivity contribution in [3.63, 3.8) is 0 Å². The Bertz CT molecular complexity index is 622. The molecule has 6 nitrogen and oxygen atoms in total. The standard InChI is InChI=1S/C19H25N3O3/c1-3-11-20-19(24)22-13-4-12-21(14-15-22)18(23)10-7-16-5-8-17(25-2)9-6-16/h1,5-6,8-9H,4,7,10-15H2,2H3,(H,20,24). The fourth-order valence-electron chi connectivity index (χ4n) is 2.81. The third-order valence-corrected chi connectivity index (χ3v) is 4.26. The zero-order valence-electron chi connectivity index (χ0n) is 14.7. The number of urea groups is 1. The van der Waals surface area contributed by atoms with Gasteiger partial charge < -0.3 is 19.9 Å². The summed E-state index contributed by atoms with van der Waals surface area (Å²) in [6, 6.07) is 7.60. The molecule has 0 unspecified atom stereocenters. The van der Waals surface area contributed by atoms with Gasteiger partial charge >= 0.3 is 6.03 Å². The molecule has 3 amide bonds. The first kappa shape index (κ1) is 18.7. The van der Waals surface area contributed by atoms with Gasteiger partial charge in [0, 0.05) is 32.6 Å². The lowest BCUT2D eigenvalue weighted by Gasteiger charge is -2.22. The van der Waals surface area contributed by atoms with Crippen LogP contribution < -0.4 is 10.1 Å². The molecule has 25 heavy (non-hydrogen) atoms. The third-order valence-electron chi connectivity index (χ3n) is 4.26. The fraction of sp³-hybridized carbons (Fsp3) is 0.474. The van der Waals surface area contributed by atoms with Gasteiger partial charge in [-0.3, -0.25) is 4.79 Å². The minimum Gasteiger partial charge on any atom is -0.497 e. The van der Waals surface area contributed by atoms with Crippen molar-refractivity contribution in [2.45, 2.75) is 19.3 Å². The molecule has 0 bridgehead atoms. The first-order chi connectivity index (χ1) is 12.1. The van der Waals surface area contributed by atoms with Crippen LogP contribution in [0.4, 0.5) is 4.79 Å². The summed E-state index contributed by atoms with van der Waals surface area (Å²) in [4.78, 5) is 28.0. The summed E-state index contributed by atoms with van der Waals surface area (Å²) < 4.78 is 5.13. The zero-order valence-corrected chi connectivity index (χ0v) is 14.7. The van der Waals surface area contributed by atoms with Crippen molar-refractivity contribution in [1.82, 2.24) is 15.1 Å². The van der Waals surface area contributed by atoms with Crippen LogP contribution in [0.3, 0.4) is 0 Å². The van der Waals surface area contributed by atoms with E-state index < -0.39 is 0 Å². The Morgan fingerprint density at radius 2 is 1.84 bits per heavy atom. The minimum absolute atomic E-state index is 0.127. The Kier molecular flexibility index (Phi) is 7.15. The molecule has 0 atom stereocenters. The highest BCUT2D eigenvalue weighted by atomic mass is 16.5. The molecule has 0 saturated carbocycles. The number of hydrogen-bond donors (Lipinski definition) is 1. The van der Waals surface area contributed by atoms with Gasteiger partial charge in [-0.1, -0.05) is 18.1 Å². The number of benzene rings is 1. The molecule has 1 aliphatic heterocycles. The van der Waals surface area contributed by atoms with Crippen LogP contribution in [0.5, 0.6) is 5.75 Å². The number of amides is 3. The lowest BCUT2D eigenvalue weighted by Crippen LogP contribution is -2.42. The van der Waals surface area contributed by atoms with Crippen LogP contribution in [0.25, 0.3) is 0 Å². The van der Waals surface area contributed by atoms with Crippen molar-refractivity contribution < 1.29 is 14.3 Å². The summed E-state index contributed by atoms with van der Waals surface area (Å²) in [6.07, 6.45) is 7.10. The second-order valence-electron chi connectivity index (χ2n) is 5.93. The molecule has 6 heteroatoms. The second kappa shape index (κ2) is 9.58. The molecule has 1 fully saturated rings. The van der Waals surface area contributed by atoms with E-state index in [9.17, 15) is 9.59 Å². The van der Waals surface area contributed by atoms with Crippen molar-refractivity contribution in [2.75, 3.05) is 39.8 Å². The highest BCUT2D eigenvalue weighted by Crippen LogP contribution is 2.13. The highest BCUT2D eigenvalue weighted by molar-refractivity contribution is 5.77. The first-order valence-corrected chi connectivity index (χ1v) is 8.51. The van der Waals surface area contributed by atoms with Crippen LogP contribution in [0.15, 0.2) is 24.3 Å². The number of carbonyl (C=O) groups excluding carboxylic acids is 2. The van der Waals surface area contributed by atoms with E-state index in [1.165, 1.54) is 0 Å². The molecule has 134 valence electrons. The van der Waals surface area contributed by atoms with E-state index in [0.29, 0.717) is 39.0 Å². The van der Waals surface area contributed by atoms with Crippen LogP contribution in [0.2, 0.25) is 0 Å². The SMILES string of the molecule is C#CCNC(=O)N1CCCN(C(=O)CCc2ccc(OC)cc2)CC1. The number of aryl methyl sites for hydroxylation is 1. The predicted molar refractivity (Wildman–Crippen MR) is 96.3 cm³/mol. The number of ether oxygens (including phenoxy) is 1. The van der Waals surface area contributed by atoms with Crippen molar-refractivity contribution in [3.05, 3.63) is 29.8 Å². The second-order valence-corrected chi connectivity index (χ2v) is 5.93. The topological polar surface area (TPSA) is 61.9 Å². The fourth-order valence-corrected chi connectivity index (χ4v) is 2.81. The number of nitrogens with one attached hydrogen (secondary N) is 1.